The summed E-state index contributed by atoms with van der Waals surface area (Å²) < 4.78 is 6.97. The third kappa shape index (κ3) is 2.69. The molecule has 0 bridgehead atoms. The summed E-state index contributed by atoms with van der Waals surface area (Å²) in [6.45, 7) is 0.330. The van der Waals surface area contributed by atoms with Crippen molar-refractivity contribution in [3.05, 3.63) is 53.9 Å². The minimum atomic E-state index is -0.174. The van der Waals surface area contributed by atoms with Gasteiger partial charge in [-0.05, 0) is 30.3 Å². The molecular formula is C18H17N5O2. The highest BCUT2D eigenvalue weighted by atomic mass is 16.5. The van der Waals surface area contributed by atoms with Crippen molar-refractivity contribution in [2.75, 3.05) is 7.11 Å². The van der Waals surface area contributed by atoms with Gasteiger partial charge in [0.2, 0.25) is 5.88 Å². The zero-order valence-corrected chi connectivity index (χ0v) is 13.9. The number of ether oxygens (including phenoxy) is 1. The van der Waals surface area contributed by atoms with Gasteiger partial charge in [-0.2, -0.15) is 5.10 Å². The molecule has 0 unspecified atom stereocenters. The Balaban J connectivity index is 1.53. The van der Waals surface area contributed by atoms with Gasteiger partial charge in [-0.1, -0.05) is 12.1 Å². The van der Waals surface area contributed by atoms with E-state index in [0.29, 0.717) is 18.0 Å². The van der Waals surface area contributed by atoms with Crippen LogP contribution in [-0.2, 0) is 13.6 Å². The summed E-state index contributed by atoms with van der Waals surface area (Å²) in [5, 5.41) is 8.12. The second-order valence-corrected chi connectivity index (χ2v) is 5.75. The van der Waals surface area contributed by atoms with Gasteiger partial charge in [-0.3, -0.25) is 4.79 Å². The normalized spacial score (nSPS) is 11.1. The number of aryl methyl sites for hydroxylation is 1. The van der Waals surface area contributed by atoms with E-state index in [4.69, 9.17) is 4.74 Å². The second kappa shape index (κ2) is 5.94. The van der Waals surface area contributed by atoms with Crippen LogP contribution in [0.2, 0.25) is 0 Å². The van der Waals surface area contributed by atoms with Crippen molar-refractivity contribution in [2.24, 2.45) is 7.05 Å². The number of carbonyl (C=O) groups excluding carboxylic acids is 1. The number of hydrogen-bond donors (Lipinski definition) is 2. The monoisotopic (exact) mass is 335 g/mol. The number of para-hydroxylation sites is 2. The van der Waals surface area contributed by atoms with Crippen molar-refractivity contribution in [3.8, 4) is 5.88 Å². The summed E-state index contributed by atoms with van der Waals surface area (Å²) in [4.78, 5) is 20.1. The molecule has 4 rings (SSSR count). The number of aromatic amines is 1. The van der Waals surface area contributed by atoms with E-state index in [9.17, 15) is 4.79 Å². The summed E-state index contributed by atoms with van der Waals surface area (Å²) in [6, 6.07) is 13.1. The molecule has 0 fully saturated rings. The molecular weight excluding hydrogens is 318 g/mol. The van der Waals surface area contributed by atoms with Crippen LogP contribution in [0.5, 0.6) is 5.88 Å². The molecule has 0 atom stereocenters. The first-order valence-corrected chi connectivity index (χ1v) is 7.88. The Labute approximate surface area is 143 Å². The van der Waals surface area contributed by atoms with Crippen molar-refractivity contribution in [1.29, 1.82) is 0 Å². The molecule has 0 spiro atoms. The number of amides is 1. The highest BCUT2D eigenvalue weighted by Gasteiger charge is 2.13. The fourth-order valence-corrected chi connectivity index (χ4v) is 2.92. The lowest BCUT2D eigenvalue weighted by atomic mass is 10.1. The van der Waals surface area contributed by atoms with Crippen LogP contribution in [-0.4, -0.2) is 32.8 Å². The minimum Gasteiger partial charge on any atom is -0.481 e. The highest BCUT2D eigenvalue weighted by Crippen LogP contribution is 2.25. The molecule has 2 aromatic heterocycles. The first-order chi connectivity index (χ1) is 12.2. The molecule has 0 saturated heterocycles. The topological polar surface area (TPSA) is 84.8 Å². The molecule has 0 aliphatic rings. The minimum absolute atomic E-state index is 0.174. The molecule has 126 valence electrons. The van der Waals surface area contributed by atoms with Crippen molar-refractivity contribution < 1.29 is 9.53 Å². The maximum Gasteiger partial charge on any atom is 0.251 e. The Morgan fingerprint density at radius 3 is 2.88 bits per heavy atom. The van der Waals surface area contributed by atoms with Gasteiger partial charge in [0.05, 0.1) is 35.6 Å². The van der Waals surface area contributed by atoms with Gasteiger partial charge in [0.15, 0.2) is 0 Å². The number of rotatable bonds is 4. The van der Waals surface area contributed by atoms with Gasteiger partial charge in [0.25, 0.3) is 5.91 Å². The van der Waals surface area contributed by atoms with Crippen LogP contribution in [0, 0.1) is 0 Å². The van der Waals surface area contributed by atoms with E-state index in [1.54, 1.807) is 31.0 Å². The lowest BCUT2D eigenvalue weighted by molar-refractivity contribution is 0.0950. The van der Waals surface area contributed by atoms with Crippen LogP contribution in [0.15, 0.2) is 42.5 Å². The number of nitrogens with one attached hydrogen (secondary N) is 2. The van der Waals surface area contributed by atoms with E-state index in [-0.39, 0.29) is 5.91 Å². The average Bonchev–Trinajstić information content (AvgIpc) is 3.18. The average molecular weight is 335 g/mol. The van der Waals surface area contributed by atoms with Crippen LogP contribution >= 0.6 is 0 Å². The summed E-state index contributed by atoms with van der Waals surface area (Å²) in [7, 11) is 3.41. The zero-order chi connectivity index (χ0) is 17.4. The molecule has 25 heavy (non-hydrogen) atoms. The fraction of sp³-hybridized carbons (Fsp3) is 0.167. The van der Waals surface area contributed by atoms with E-state index < -0.39 is 0 Å². The van der Waals surface area contributed by atoms with Crippen molar-refractivity contribution >= 4 is 27.8 Å². The first-order valence-electron chi connectivity index (χ1n) is 7.88. The second-order valence-electron chi connectivity index (χ2n) is 5.75. The number of aromatic nitrogens is 4. The predicted molar refractivity (Wildman–Crippen MR) is 94.5 cm³/mol. The summed E-state index contributed by atoms with van der Waals surface area (Å²) >= 11 is 0. The van der Waals surface area contributed by atoms with Crippen LogP contribution in [0.1, 0.15) is 16.2 Å². The molecule has 1 amide bonds. The fourth-order valence-electron chi connectivity index (χ4n) is 2.92. The number of fused-ring (bicyclic) bond motifs is 2. The Morgan fingerprint density at radius 2 is 2.08 bits per heavy atom. The zero-order valence-electron chi connectivity index (χ0n) is 13.9. The van der Waals surface area contributed by atoms with E-state index in [1.807, 2.05) is 30.3 Å². The SMILES string of the molecule is COc1c2ccc(C(=O)NCc3nc4ccccc4[nH]3)cc2nn1C. The van der Waals surface area contributed by atoms with Gasteiger partial charge in [0.1, 0.15) is 5.82 Å². The number of carbonyl (C=O) groups is 1. The highest BCUT2D eigenvalue weighted by molar-refractivity contribution is 5.98. The van der Waals surface area contributed by atoms with E-state index in [1.165, 1.54) is 0 Å². The molecule has 0 aliphatic heterocycles. The summed E-state index contributed by atoms with van der Waals surface area (Å²) in [5.41, 5.74) is 3.10. The largest absolute Gasteiger partial charge is 0.481 e. The van der Waals surface area contributed by atoms with E-state index >= 15 is 0 Å². The van der Waals surface area contributed by atoms with Crippen molar-refractivity contribution in [2.45, 2.75) is 6.54 Å². The van der Waals surface area contributed by atoms with Gasteiger partial charge >= 0.3 is 0 Å². The van der Waals surface area contributed by atoms with Crippen LogP contribution in [0.4, 0.5) is 0 Å². The number of benzene rings is 2. The van der Waals surface area contributed by atoms with Crippen LogP contribution in [0.25, 0.3) is 21.9 Å². The van der Waals surface area contributed by atoms with Gasteiger partial charge in [0, 0.05) is 12.6 Å². The van der Waals surface area contributed by atoms with Crippen LogP contribution in [0.3, 0.4) is 0 Å². The number of methoxy groups -OCH3 is 1. The third-order valence-corrected chi connectivity index (χ3v) is 4.09. The van der Waals surface area contributed by atoms with E-state index in [0.717, 1.165) is 27.8 Å². The Kier molecular flexibility index (Phi) is 3.61. The smallest absolute Gasteiger partial charge is 0.251 e. The number of hydrogen-bond acceptors (Lipinski definition) is 4. The number of nitrogens with zero attached hydrogens (tertiary/aromatic N) is 3. The predicted octanol–water partition coefficient (Wildman–Crippen LogP) is 2.39. The van der Waals surface area contributed by atoms with Crippen LogP contribution < -0.4 is 10.1 Å². The first kappa shape index (κ1) is 15.2. The lowest BCUT2D eigenvalue weighted by Crippen LogP contribution is -2.23. The summed E-state index contributed by atoms with van der Waals surface area (Å²) in [5.74, 6) is 1.21. The lowest BCUT2D eigenvalue weighted by Gasteiger charge is -2.03. The third-order valence-electron chi connectivity index (χ3n) is 4.09. The Morgan fingerprint density at radius 1 is 1.24 bits per heavy atom. The van der Waals surface area contributed by atoms with Gasteiger partial charge in [-0.25, -0.2) is 9.67 Å². The summed E-state index contributed by atoms with van der Waals surface area (Å²) in [6.07, 6.45) is 0. The Bertz CT molecular complexity index is 1050. The maximum atomic E-state index is 12.4. The molecule has 0 aliphatic carbocycles. The molecule has 2 aromatic carbocycles. The van der Waals surface area contributed by atoms with E-state index in [2.05, 4.69) is 20.4 Å². The molecule has 4 aromatic rings. The standard InChI is InChI=1S/C18H17N5O2/c1-23-18(25-2)12-8-7-11(9-15(12)22-23)17(24)19-10-16-20-13-5-3-4-6-14(13)21-16/h3-9H,10H2,1-2H3,(H,19,24)(H,20,21). The van der Waals surface area contributed by atoms with Gasteiger partial charge in [-0.15, -0.1) is 0 Å². The number of imidazole rings is 1. The van der Waals surface area contributed by atoms with Crippen molar-refractivity contribution in [1.82, 2.24) is 25.1 Å². The molecule has 2 heterocycles. The molecule has 0 radical (unpaired) electrons. The molecule has 2 N–H and O–H groups in total. The van der Waals surface area contributed by atoms with Crippen molar-refractivity contribution in [3.63, 3.8) is 0 Å². The van der Waals surface area contributed by atoms with Gasteiger partial charge < -0.3 is 15.0 Å². The molecule has 7 nitrogen and oxygen atoms in total. The Hall–Kier alpha value is -3.35. The number of H-pyrrole nitrogens is 1. The molecule has 0 saturated carbocycles. The molecule has 7 heteroatoms. The quantitative estimate of drug-likeness (QED) is 0.600. The maximum absolute atomic E-state index is 12.4.